The summed E-state index contributed by atoms with van der Waals surface area (Å²) in [6.45, 7) is 0. The third-order valence-corrected chi connectivity index (χ3v) is 6.62. The van der Waals surface area contributed by atoms with Crippen molar-refractivity contribution in [2.75, 3.05) is 0 Å². The molecule has 8 heteroatoms. The normalized spacial score (nSPS) is 26.1. The summed E-state index contributed by atoms with van der Waals surface area (Å²) in [4.78, 5) is 40.6. The number of rotatable bonds is 6. The van der Waals surface area contributed by atoms with Crippen LogP contribution in [0, 0.1) is 11.8 Å². The fraction of sp³-hybridized carbons (Fsp3) is 0.565. The Labute approximate surface area is 182 Å². The summed E-state index contributed by atoms with van der Waals surface area (Å²) in [5.74, 6) is 1.22. The van der Waals surface area contributed by atoms with Crippen molar-refractivity contribution >= 4 is 11.8 Å². The van der Waals surface area contributed by atoms with Crippen molar-refractivity contribution in [2.24, 2.45) is 11.8 Å². The third kappa shape index (κ3) is 6.06. The van der Waals surface area contributed by atoms with Crippen LogP contribution in [0.4, 0.5) is 0 Å². The van der Waals surface area contributed by atoms with Gasteiger partial charge in [0.05, 0.1) is 12.4 Å². The zero-order valence-corrected chi connectivity index (χ0v) is 17.7. The van der Waals surface area contributed by atoms with E-state index in [1.807, 2.05) is 0 Å². The molecule has 0 spiro atoms. The average molecular weight is 423 g/mol. The molecule has 0 bridgehead atoms. The Morgan fingerprint density at radius 1 is 0.677 bits per heavy atom. The van der Waals surface area contributed by atoms with Gasteiger partial charge in [0.1, 0.15) is 11.4 Å². The molecular weight excluding hydrogens is 392 g/mol. The number of aromatic nitrogens is 4. The van der Waals surface area contributed by atoms with Gasteiger partial charge in [-0.15, -0.1) is 0 Å². The summed E-state index contributed by atoms with van der Waals surface area (Å²) in [5.41, 5.74) is 0.764. The first-order valence-electron chi connectivity index (χ1n) is 11.3. The van der Waals surface area contributed by atoms with Gasteiger partial charge in [-0.05, 0) is 69.6 Å². The van der Waals surface area contributed by atoms with E-state index in [1.165, 1.54) is 18.8 Å². The molecule has 2 fully saturated rings. The second-order valence-electron chi connectivity index (χ2n) is 8.80. The van der Waals surface area contributed by atoms with E-state index < -0.39 is 0 Å². The fourth-order valence-corrected chi connectivity index (χ4v) is 4.91. The molecule has 4 rings (SSSR count). The maximum atomic E-state index is 12.3. The highest BCUT2D eigenvalue weighted by Crippen LogP contribution is 2.35. The summed E-state index contributed by atoms with van der Waals surface area (Å²) in [7, 11) is 0. The molecule has 2 aromatic heterocycles. The Hall–Kier alpha value is -2.90. The summed E-state index contributed by atoms with van der Waals surface area (Å²) in [5, 5.41) is 6.21. The quantitative estimate of drug-likeness (QED) is 0.741. The van der Waals surface area contributed by atoms with Gasteiger partial charge in [0.25, 0.3) is 11.8 Å². The highest BCUT2D eigenvalue weighted by Gasteiger charge is 2.28. The van der Waals surface area contributed by atoms with Gasteiger partial charge in [0.2, 0.25) is 0 Å². The first-order chi connectivity index (χ1) is 15.2. The number of nitrogens with one attached hydrogen (secondary N) is 2. The molecule has 2 aliphatic rings. The first kappa shape index (κ1) is 21.3. The van der Waals surface area contributed by atoms with E-state index in [4.69, 9.17) is 0 Å². The lowest BCUT2D eigenvalue weighted by Crippen LogP contribution is -2.39. The molecule has 2 N–H and O–H groups in total. The monoisotopic (exact) mass is 422 g/mol. The fourth-order valence-electron chi connectivity index (χ4n) is 4.91. The largest absolute Gasteiger partial charge is 0.348 e. The van der Waals surface area contributed by atoms with Crippen molar-refractivity contribution in [3.05, 3.63) is 48.6 Å². The minimum absolute atomic E-state index is 0.126. The molecule has 0 radical (unpaired) electrons. The van der Waals surface area contributed by atoms with Crippen LogP contribution in [0.1, 0.15) is 78.8 Å². The Bertz CT molecular complexity index is 775. The lowest BCUT2D eigenvalue weighted by molar-refractivity contribution is 0.0912. The zero-order valence-electron chi connectivity index (χ0n) is 17.7. The number of amides is 2. The Morgan fingerprint density at radius 2 is 1.10 bits per heavy atom. The number of nitrogens with zero attached hydrogens (tertiary/aromatic N) is 4. The molecule has 2 amide bonds. The SMILES string of the molecule is O=C(NC1CCC(CC2CCC(NC(=O)c3cnccn3)CC2)CC1)c1cnccn1. The molecule has 0 saturated heterocycles. The van der Waals surface area contributed by atoms with Crippen LogP contribution in [0.5, 0.6) is 0 Å². The van der Waals surface area contributed by atoms with Crippen LogP contribution < -0.4 is 10.6 Å². The van der Waals surface area contributed by atoms with Crippen molar-refractivity contribution in [1.29, 1.82) is 0 Å². The predicted octanol–water partition coefficient (Wildman–Crippen LogP) is 2.93. The lowest BCUT2D eigenvalue weighted by Gasteiger charge is -2.34. The van der Waals surface area contributed by atoms with Gasteiger partial charge in [-0.1, -0.05) is 0 Å². The summed E-state index contributed by atoms with van der Waals surface area (Å²) < 4.78 is 0. The zero-order chi connectivity index (χ0) is 21.5. The van der Waals surface area contributed by atoms with Crippen molar-refractivity contribution in [1.82, 2.24) is 30.6 Å². The van der Waals surface area contributed by atoms with Crippen LogP contribution in [-0.2, 0) is 0 Å². The summed E-state index contributed by atoms with van der Waals surface area (Å²) in [6.07, 6.45) is 19.3. The standard InChI is InChI=1S/C23H30N6O2/c30-22(20-14-24-9-11-26-20)28-18-5-1-16(2-6-18)13-17-3-7-19(8-4-17)29-23(31)21-15-25-10-12-27-21/h9-12,14-19H,1-8,13H2,(H,28,30)(H,29,31). The van der Waals surface area contributed by atoms with Gasteiger partial charge in [-0.2, -0.15) is 0 Å². The molecule has 0 aliphatic heterocycles. The molecule has 2 aromatic rings. The average Bonchev–Trinajstić information content (AvgIpc) is 2.82. The van der Waals surface area contributed by atoms with Crippen molar-refractivity contribution < 1.29 is 9.59 Å². The second kappa shape index (κ2) is 10.4. The molecular formula is C23H30N6O2. The van der Waals surface area contributed by atoms with Crippen LogP contribution in [-0.4, -0.2) is 43.8 Å². The predicted molar refractivity (Wildman–Crippen MR) is 115 cm³/mol. The Kier molecular flexibility index (Phi) is 7.17. The van der Waals surface area contributed by atoms with Gasteiger partial charge in [0, 0.05) is 36.9 Å². The highest BCUT2D eigenvalue weighted by atomic mass is 16.2. The molecule has 0 atom stereocenters. The second-order valence-corrected chi connectivity index (χ2v) is 8.80. The topological polar surface area (TPSA) is 110 Å². The lowest BCUT2D eigenvalue weighted by atomic mass is 9.75. The maximum Gasteiger partial charge on any atom is 0.271 e. The van der Waals surface area contributed by atoms with E-state index in [0.717, 1.165) is 63.2 Å². The van der Waals surface area contributed by atoms with E-state index in [9.17, 15) is 9.59 Å². The summed E-state index contributed by atoms with van der Waals surface area (Å²) in [6, 6.07) is 0.468. The molecule has 2 aliphatic carbocycles. The van der Waals surface area contributed by atoms with Crippen LogP contribution in [0.25, 0.3) is 0 Å². The van der Waals surface area contributed by atoms with Crippen LogP contribution in [0.3, 0.4) is 0 Å². The van der Waals surface area contributed by atoms with Gasteiger partial charge in [-0.25, -0.2) is 9.97 Å². The van der Waals surface area contributed by atoms with Crippen molar-refractivity contribution in [3.63, 3.8) is 0 Å². The minimum Gasteiger partial charge on any atom is -0.348 e. The van der Waals surface area contributed by atoms with Gasteiger partial charge in [-0.3, -0.25) is 19.6 Å². The third-order valence-electron chi connectivity index (χ3n) is 6.62. The molecule has 0 aromatic carbocycles. The van der Waals surface area contributed by atoms with E-state index in [1.54, 1.807) is 24.8 Å². The smallest absolute Gasteiger partial charge is 0.271 e. The van der Waals surface area contributed by atoms with E-state index in [-0.39, 0.29) is 23.9 Å². The minimum atomic E-state index is -0.126. The molecule has 2 heterocycles. The number of carbonyl (C=O) groups is 2. The Morgan fingerprint density at radius 3 is 1.45 bits per heavy atom. The number of hydrogen-bond donors (Lipinski definition) is 2. The number of carbonyl (C=O) groups excluding carboxylic acids is 2. The maximum absolute atomic E-state index is 12.3. The molecule has 8 nitrogen and oxygen atoms in total. The van der Waals surface area contributed by atoms with E-state index in [2.05, 4.69) is 30.6 Å². The molecule has 164 valence electrons. The Balaban J connectivity index is 1.14. The van der Waals surface area contributed by atoms with E-state index in [0.29, 0.717) is 11.4 Å². The van der Waals surface area contributed by atoms with Gasteiger partial charge >= 0.3 is 0 Å². The molecule has 2 saturated carbocycles. The highest BCUT2D eigenvalue weighted by molar-refractivity contribution is 5.92. The first-order valence-corrected chi connectivity index (χ1v) is 11.3. The van der Waals surface area contributed by atoms with Crippen molar-refractivity contribution in [2.45, 2.75) is 69.9 Å². The summed E-state index contributed by atoms with van der Waals surface area (Å²) >= 11 is 0. The van der Waals surface area contributed by atoms with Gasteiger partial charge in [0.15, 0.2) is 0 Å². The van der Waals surface area contributed by atoms with Crippen LogP contribution in [0.15, 0.2) is 37.2 Å². The number of hydrogen-bond acceptors (Lipinski definition) is 6. The van der Waals surface area contributed by atoms with Crippen LogP contribution >= 0.6 is 0 Å². The van der Waals surface area contributed by atoms with Crippen molar-refractivity contribution in [3.8, 4) is 0 Å². The molecule has 31 heavy (non-hydrogen) atoms. The van der Waals surface area contributed by atoms with Crippen LogP contribution in [0.2, 0.25) is 0 Å². The van der Waals surface area contributed by atoms with Gasteiger partial charge < -0.3 is 10.6 Å². The van der Waals surface area contributed by atoms with E-state index >= 15 is 0 Å². The molecule has 0 unspecified atom stereocenters.